The van der Waals surface area contributed by atoms with Crippen molar-refractivity contribution in [1.29, 1.82) is 0 Å². The van der Waals surface area contributed by atoms with Crippen LogP contribution in [0.5, 0.6) is 0 Å². The molecule has 0 N–H and O–H groups in total. The second-order valence-electron chi connectivity index (χ2n) is 12.2. The van der Waals surface area contributed by atoms with E-state index in [0.717, 1.165) is 0 Å². The van der Waals surface area contributed by atoms with E-state index < -0.39 is 0 Å². The van der Waals surface area contributed by atoms with Gasteiger partial charge in [0, 0.05) is 20.2 Å². The van der Waals surface area contributed by atoms with Gasteiger partial charge in [-0.15, -0.1) is 11.3 Å². The van der Waals surface area contributed by atoms with Gasteiger partial charge in [-0.2, -0.15) is 0 Å². The molecule has 1 aromatic heterocycles. The quantitative estimate of drug-likeness (QED) is 0.176. The maximum Gasteiger partial charge on any atom is 0.0355 e. The highest BCUT2D eigenvalue weighted by Crippen LogP contribution is 2.45. The maximum atomic E-state index is 2.41. The normalized spacial score (nSPS) is 11.6. The number of hydrogen-bond acceptors (Lipinski definition) is 1. The zero-order valence-corrected chi connectivity index (χ0v) is 26.3. The molecule has 0 aliphatic rings. The summed E-state index contributed by atoms with van der Waals surface area (Å²) in [5.41, 5.74) is 11.3. The van der Waals surface area contributed by atoms with Gasteiger partial charge in [0.05, 0.1) is 0 Å². The van der Waals surface area contributed by atoms with E-state index in [1.807, 2.05) is 11.3 Å². The van der Waals surface area contributed by atoms with Gasteiger partial charge in [0.15, 0.2) is 0 Å². The van der Waals surface area contributed by atoms with Gasteiger partial charge in [0.2, 0.25) is 0 Å². The largest absolute Gasteiger partial charge is 0.135 e. The molecule has 0 spiro atoms. The molecule has 0 radical (unpaired) electrons. The molecule has 0 fully saturated rings. The Hall–Kier alpha value is -5.50. The molecule has 1 heterocycles. The third kappa shape index (κ3) is 4.43. The van der Waals surface area contributed by atoms with Crippen LogP contribution in [-0.4, -0.2) is 0 Å². The van der Waals surface area contributed by atoms with E-state index in [1.165, 1.54) is 91.8 Å². The summed E-state index contributed by atoms with van der Waals surface area (Å²) in [6, 6.07) is 60.4. The summed E-state index contributed by atoms with van der Waals surface area (Å²) in [6.45, 7) is 2.15. The molecule has 0 atom stereocenters. The smallest absolute Gasteiger partial charge is 0.0355 e. The maximum absolute atomic E-state index is 2.41. The van der Waals surface area contributed by atoms with Crippen LogP contribution < -0.4 is 0 Å². The molecule has 0 unspecified atom stereocenters. The van der Waals surface area contributed by atoms with Crippen LogP contribution >= 0.6 is 11.3 Å². The van der Waals surface area contributed by atoms with Gasteiger partial charge >= 0.3 is 0 Å². The minimum Gasteiger partial charge on any atom is -0.135 e. The molecule has 0 aliphatic carbocycles. The van der Waals surface area contributed by atoms with Crippen LogP contribution in [0.1, 0.15) is 5.56 Å². The molecule has 0 amide bonds. The van der Waals surface area contributed by atoms with Gasteiger partial charge in [-0.1, -0.05) is 139 Å². The fraction of sp³-hybridized carbons (Fsp3) is 0.0222. The lowest BCUT2D eigenvalue weighted by atomic mass is 9.84. The molecule has 46 heavy (non-hydrogen) atoms. The van der Waals surface area contributed by atoms with Crippen molar-refractivity contribution in [2.45, 2.75) is 6.92 Å². The summed E-state index contributed by atoms with van der Waals surface area (Å²) < 4.78 is 2.67. The van der Waals surface area contributed by atoms with Crippen molar-refractivity contribution in [3.63, 3.8) is 0 Å². The van der Waals surface area contributed by atoms with Crippen molar-refractivity contribution in [2.24, 2.45) is 0 Å². The van der Waals surface area contributed by atoms with E-state index in [0.29, 0.717) is 0 Å². The summed E-state index contributed by atoms with van der Waals surface area (Å²) >= 11 is 1.87. The predicted molar refractivity (Wildman–Crippen MR) is 201 cm³/mol. The summed E-state index contributed by atoms with van der Waals surface area (Å²) in [6.07, 6.45) is 0. The fourth-order valence-electron chi connectivity index (χ4n) is 7.09. The van der Waals surface area contributed by atoms with Crippen LogP contribution in [0.4, 0.5) is 0 Å². The Balaban J connectivity index is 1.27. The van der Waals surface area contributed by atoms with Crippen LogP contribution in [0.25, 0.3) is 86.2 Å². The number of thiophene rings is 1. The molecule has 216 valence electrons. The molecule has 0 nitrogen and oxygen atoms in total. The van der Waals surface area contributed by atoms with Crippen molar-refractivity contribution in [3.8, 4) is 44.5 Å². The van der Waals surface area contributed by atoms with E-state index in [9.17, 15) is 0 Å². The van der Waals surface area contributed by atoms with Crippen molar-refractivity contribution in [1.82, 2.24) is 0 Å². The van der Waals surface area contributed by atoms with Crippen LogP contribution in [-0.2, 0) is 0 Å². The first-order valence-corrected chi connectivity index (χ1v) is 16.7. The zero-order valence-electron chi connectivity index (χ0n) is 25.5. The van der Waals surface area contributed by atoms with Gasteiger partial charge in [-0.25, -0.2) is 0 Å². The lowest BCUT2D eigenvalue weighted by Gasteiger charge is -2.19. The van der Waals surface area contributed by atoms with Crippen LogP contribution in [0.2, 0.25) is 0 Å². The summed E-state index contributed by atoms with van der Waals surface area (Å²) in [5, 5.41) is 7.77. The topological polar surface area (TPSA) is 0 Å². The number of hydrogen-bond donors (Lipinski definition) is 0. The molecule has 0 saturated carbocycles. The van der Waals surface area contributed by atoms with Crippen molar-refractivity contribution < 1.29 is 0 Å². The molecule has 0 bridgehead atoms. The number of fused-ring (bicyclic) bond motifs is 5. The SMILES string of the molecule is Cc1ccc(-c2c3ccccc3c(-c3ccccc3)c3ccc(-c4cccc(-c5ccc6sc7ccccc7c6c5)c4)cc23)cc1. The monoisotopic (exact) mass is 602 g/mol. The lowest BCUT2D eigenvalue weighted by Crippen LogP contribution is -1.92. The standard InChI is InChI=1S/C45H30S/c1-29-18-20-31(21-19-29)45-38-16-6-5-15-37(38)44(30-10-3-2-4-11-30)39-24-22-34(28-41(39)45)32-12-9-13-33(26-32)35-23-25-43-40(27-35)36-14-7-8-17-42(36)46-43/h2-28H,1H3. The Morgan fingerprint density at radius 3 is 1.52 bits per heavy atom. The molecule has 0 saturated heterocycles. The Bertz CT molecular complexity index is 2570. The number of benzene rings is 8. The molecule has 9 aromatic rings. The van der Waals surface area contributed by atoms with E-state index in [-0.39, 0.29) is 0 Å². The first-order valence-electron chi connectivity index (χ1n) is 15.8. The second-order valence-corrected chi connectivity index (χ2v) is 13.3. The third-order valence-corrected chi connectivity index (χ3v) is 10.5. The van der Waals surface area contributed by atoms with Crippen molar-refractivity contribution in [3.05, 3.63) is 169 Å². The van der Waals surface area contributed by atoms with Gasteiger partial charge < -0.3 is 0 Å². The van der Waals surface area contributed by atoms with Crippen molar-refractivity contribution in [2.75, 3.05) is 0 Å². The number of rotatable bonds is 4. The Labute approximate surface area is 272 Å². The van der Waals surface area contributed by atoms with Crippen molar-refractivity contribution >= 4 is 53.1 Å². The fourth-order valence-corrected chi connectivity index (χ4v) is 8.18. The summed E-state index contributed by atoms with van der Waals surface area (Å²) in [7, 11) is 0. The zero-order chi connectivity index (χ0) is 30.6. The highest BCUT2D eigenvalue weighted by atomic mass is 32.1. The van der Waals surface area contributed by atoms with Crippen LogP contribution in [0.3, 0.4) is 0 Å². The lowest BCUT2D eigenvalue weighted by molar-refractivity contribution is 1.47. The van der Waals surface area contributed by atoms with Crippen LogP contribution in [0, 0.1) is 6.92 Å². The highest BCUT2D eigenvalue weighted by molar-refractivity contribution is 7.25. The first-order chi connectivity index (χ1) is 22.7. The average Bonchev–Trinajstić information content (AvgIpc) is 3.49. The highest BCUT2D eigenvalue weighted by Gasteiger charge is 2.17. The first kappa shape index (κ1) is 26.9. The van der Waals surface area contributed by atoms with Gasteiger partial charge in [0.25, 0.3) is 0 Å². The van der Waals surface area contributed by atoms with Gasteiger partial charge in [-0.3, -0.25) is 0 Å². The minimum atomic E-state index is 1.22. The average molecular weight is 603 g/mol. The second kappa shape index (κ2) is 10.8. The Kier molecular flexibility index (Phi) is 6.33. The van der Waals surface area contributed by atoms with E-state index >= 15 is 0 Å². The molecule has 9 rings (SSSR count). The molecule has 0 aliphatic heterocycles. The summed E-state index contributed by atoms with van der Waals surface area (Å²) in [4.78, 5) is 0. The van der Waals surface area contributed by atoms with E-state index in [4.69, 9.17) is 0 Å². The van der Waals surface area contributed by atoms with Crippen LogP contribution in [0.15, 0.2) is 164 Å². The van der Waals surface area contributed by atoms with E-state index in [1.54, 1.807) is 0 Å². The molecule has 8 aromatic carbocycles. The number of aryl methyl sites for hydroxylation is 1. The van der Waals surface area contributed by atoms with E-state index in [2.05, 4.69) is 171 Å². The Morgan fingerprint density at radius 1 is 0.304 bits per heavy atom. The Morgan fingerprint density at radius 2 is 0.783 bits per heavy atom. The van der Waals surface area contributed by atoms with Gasteiger partial charge in [0.1, 0.15) is 0 Å². The molecule has 1 heteroatoms. The molecular formula is C45H30S. The van der Waals surface area contributed by atoms with Gasteiger partial charge in [-0.05, 0) is 103 Å². The minimum absolute atomic E-state index is 1.22. The predicted octanol–water partition coefficient (Wildman–Crippen LogP) is 13.3. The summed E-state index contributed by atoms with van der Waals surface area (Å²) in [5.74, 6) is 0. The third-order valence-electron chi connectivity index (χ3n) is 9.33. The molecular weight excluding hydrogens is 573 g/mol.